The summed E-state index contributed by atoms with van der Waals surface area (Å²) in [4.78, 5) is 10.6. The van der Waals surface area contributed by atoms with E-state index in [1.54, 1.807) is 0 Å². The first kappa shape index (κ1) is 14.5. The van der Waals surface area contributed by atoms with Crippen molar-refractivity contribution in [1.29, 1.82) is 0 Å². The number of nitrogens with two attached hydrogens (primary N) is 1. The predicted molar refractivity (Wildman–Crippen MR) is 66.4 cm³/mol. The molecule has 0 bridgehead atoms. The summed E-state index contributed by atoms with van der Waals surface area (Å²) in [5.41, 5.74) is 5.15. The minimum Gasteiger partial charge on any atom is -0.351 e. The van der Waals surface area contributed by atoms with Crippen LogP contribution >= 0.6 is 12.4 Å². The molecule has 0 atom stereocenters. The van der Waals surface area contributed by atoms with Gasteiger partial charge in [-0.15, -0.1) is 12.4 Å². The summed E-state index contributed by atoms with van der Waals surface area (Å²) in [6, 6.07) is -0.995. The van der Waals surface area contributed by atoms with Gasteiger partial charge >= 0.3 is 6.03 Å². The van der Waals surface area contributed by atoms with E-state index in [-0.39, 0.29) is 12.4 Å². The third-order valence-electron chi connectivity index (χ3n) is 3.67. The van der Waals surface area contributed by atoms with Gasteiger partial charge in [-0.25, -0.2) is 17.9 Å². The molecule has 6 nitrogen and oxygen atoms in total. The smallest absolute Gasteiger partial charge is 0.325 e. The van der Waals surface area contributed by atoms with Gasteiger partial charge in [-0.2, -0.15) is 0 Å². The van der Waals surface area contributed by atoms with Crippen molar-refractivity contribution in [3.05, 3.63) is 0 Å². The fourth-order valence-electron chi connectivity index (χ4n) is 2.57. The molecule has 1 spiro atoms. The van der Waals surface area contributed by atoms with Gasteiger partial charge < -0.3 is 11.1 Å². The van der Waals surface area contributed by atoms with Gasteiger partial charge in [-0.05, 0) is 31.1 Å². The molecule has 17 heavy (non-hydrogen) atoms. The van der Waals surface area contributed by atoms with Gasteiger partial charge in [0, 0.05) is 13.1 Å². The molecule has 100 valence electrons. The van der Waals surface area contributed by atoms with Crippen molar-refractivity contribution in [2.45, 2.75) is 30.9 Å². The van der Waals surface area contributed by atoms with Crippen LogP contribution in [-0.4, -0.2) is 32.8 Å². The molecule has 1 saturated carbocycles. The van der Waals surface area contributed by atoms with Crippen LogP contribution in [-0.2, 0) is 10.0 Å². The fraction of sp³-hybridized carbons (Fsp3) is 0.889. The van der Waals surface area contributed by atoms with E-state index in [1.807, 2.05) is 4.72 Å². The average molecular weight is 284 g/mol. The molecule has 0 unspecified atom stereocenters. The molecule has 0 aromatic rings. The van der Waals surface area contributed by atoms with Crippen LogP contribution in [0.25, 0.3) is 0 Å². The molecular weight excluding hydrogens is 266 g/mol. The highest BCUT2D eigenvalue weighted by atomic mass is 35.5. The van der Waals surface area contributed by atoms with Crippen molar-refractivity contribution in [2.75, 3.05) is 13.1 Å². The van der Waals surface area contributed by atoms with E-state index in [0.717, 1.165) is 25.9 Å². The highest BCUT2D eigenvalue weighted by Crippen LogP contribution is 2.40. The maximum Gasteiger partial charge on any atom is 0.325 e. The minimum atomic E-state index is -3.56. The standard InChI is InChI=1S/C9H17N3O3S.ClH/c10-8(13)12-16(14,15)7-1-3-9(4-2-7)5-11-6-9;/h7,11H,1-6H2,(H3,10,12,13);1H. The van der Waals surface area contributed by atoms with E-state index < -0.39 is 21.3 Å². The highest BCUT2D eigenvalue weighted by molar-refractivity contribution is 7.90. The molecular formula is C9H18ClN3O3S. The topological polar surface area (TPSA) is 101 Å². The van der Waals surface area contributed by atoms with Gasteiger partial charge in [0.1, 0.15) is 0 Å². The van der Waals surface area contributed by atoms with Gasteiger partial charge in [-0.1, -0.05) is 0 Å². The van der Waals surface area contributed by atoms with Crippen LogP contribution in [0.2, 0.25) is 0 Å². The zero-order valence-electron chi connectivity index (χ0n) is 9.44. The first-order chi connectivity index (χ1) is 7.44. The predicted octanol–water partition coefficient (Wildman–Crippen LogP) is -0.0615. The number of hydrogen-bond donors (Lipinski definition) is 3. The van der Waals surface area contributed by atoms with E-state index in [0.29, 0.717) is 18.3 Å². The van der Waals surface area contributed by atoms with Crippen LogP contribution in [0.5, 0.6) is 0 Å². The summed E-state index contributed by atoms with van der Waals surface area (Å²) in [5, 5.41) is 2.75. The molecule has 8 heteroatoms. The molecule has 0 aromatic heterocycles. The number of halogens is 1. The van der Waals surface area contributed by atoms with Gasteiger partial charge in [0.25, 0.3) is 0 Å². The molecule has 0 radical (unpaired) electrons. The van der Waals surface area contributed by atoms with Crippen molar-refractivity contribution >= 4 is 28.5 Å². The SMILES string of the molecule is Cl.NC(=O)NS(=O)(=O)C1CCC2(CC1)CNC2. The molecule has 1 heterocycles. The number of sulfonamides is 1. The van der Waals surface area contributed by atoms with Crippen molar-refractivity contribution in [1.82, 2.24) is 10.0 Å². The molecule has 2 aliphatic rings. The maximum absolute atomic E-state index is 11.7. The van der Waals surface area contributed by atoms with Crippen molar-refractivity contribution in [3.63, 3.8) is 0 Å². The maximum atomic E-state index is 11.7. The summed E-state index contributed by atoms with van der Waals surface area (Å²) in [5.74, 6) is 0. The Morgan fingerprint density at radius 2 is 1.82 bits per heavy atom. The van der Waals surface area contributed by atoms with E-state index in [1.165, 1.54) is 0 Å². The summed E-state index contributed by atoms with van der Waals surface area (Å²) in [7, 11) is -3.56. The second kappa shape index (κ2) is 4.99. The van der Waals surface area contributed by atoms with Crippen molar-refractivity contribution in [2.24, 2.45) is 11.1 Å². The fourth-order valence-corrected chi connectivity index (χ4v) is 3.87. The second-order valence-corrected chi connectivity index (χ2v) is 6.78. The Morgan fingerprint density at radius 1 is 1.29 bits per heavy atom. The Bertz CT molecular complexity index is 384. The Hall–Kier alpha value is -0.530. The van der Waals surface area contributed by atoms with E-state index >= 15 is 0 Å². The summed E-state index contributed by atoms with van der Waals surface area (Å²) in [6.07, 6.45) is 3.04. The lowest BCUT2D eigenvalue weighted by Gasteiger charge is -2.47. The van der Waals surface area contributed by atoms with Crippen LogP contribution in [0.1, 0.15) is 25.7 Å². The number of carbonyl (C=O) groups is 1. The lowest BCUT2D eigenvalue weighted by molar-refractivity contribution is 0.108. The quantitative estimate of drug-likeness (QED) is 0.661. The molecule has 1 aliphatic heterocycles. The molecule has 1 saturated heterocycles. The van der Waals surface area contributed by atoms with Crippen molar-refractivity contribution in [3.8, 4) is 0 Å². The molecule has 1 aliphatic carbocycles. The normalized spacial score (nSPS) is 23.5. The van der Waals surface area contributed by atoms with Crippen LogP contribution < -0.4 is 15.8 Å². The van der Waals surface area contributed by atoms with Gasteiger partial charge in [0.15, 0.2) is 0 Å². The van der Waals surface area contributed by atoms with E-state index in [4.69, 9.17) is 5.73 Å². The Balaban J connectivity index is 0.00000144. The largest absolute Gasteiger partial charge is 0.351 e. The summed E-state index contributed by atoms with van der Waals surface area (Å²) in [6.45, 7) is 1.98. The average Bonchev–Trinajstić information content (AvgIpc) is 2.13. The van der Waals surface area contributed by atoms with Crippen LogP contribution in [0, 0.1) is 5.41 Å². The van der Waals surface area contributed by atoms with Gasteiger partial charge in [-0.3, -0.25) is 0 Å². The number of nitrogens with one attached hydrogen (secondary N) is 2. The Morgan fingerprint density at radius 3 is 2.18 bits per heavy atom. The first-order valence-corrected chi connectivity index (χ1v) is 7.00. The third kappa shape index (κ3) is 3.02. The molecule has 2 fully saturated rings. The Kier molecular flexibility index (Phi) is 4.27. The number of carbonyl (C=O) groups excluding carboxylic acids is 1. The zero-order chi connectivity index (χ0) is 11.8. The second-order valence-electron chi connectivity index (χ2n) is 4.81. The first-order valence-electron chi connectivity index (χ1n) is 5.45. The van der Waals surface area contributed by atoms with Crippen LogP contribution in [0.3, 0.4) is 0 Å². The monoisotopic (exact) mass is 283 g/mol. The zero-order valence-corrected chi connectivity index (χ0v) is 11.1. The minimum absolute atomic E-state index is 0. The highest BCUT2D eigenvalue weighted by Gasteiger charge is 2.43. The Labute approximate surface area is 107 Å². The number of rotatable bonds is 2. The van der Waals surface area contributed by atoms with Crippen molar-refractivity contribution < 1.29 is 13.2 Å². The summed E-state index contributed by atoms with van der Waals surface area (Å²) < 4.78 is 25.2. The number of amides is 2. The molecule has 2 rings (SSSR count). The van der Waals surface area contributed by atoms with E-state index in [2.05, 4.69) is 5.32 Å². The lowest BCUT2D eigenvalue weighted by Crippen LogP contribution is -2.56. The molecule has 2 amide bonds. The number of urea groups is 1. The van der Waals surface area contributed by atoms with E-state index in [9.17, 15) is 13.2 Å². The lowest BCUT2D eigenvalue weighted by atomic mass is 9.70. The number of primary amides is 1. The van der Waals surface area contributed by atoms with Crippen LogP contribution in [0.4, 0.5) is 4.79 Å². The third-order valence-corrected chi connectivity index (χ3v) is 5.51. The molecule has 4 N–H and O–H groups in total. The van der Waals surface area contributed by atoms with Gasteiger partial charge in [0.2, 0.25) is 10.0 Å². The van der Waals surface area contributed by atoms with Gasteiger partial charge in [0.05, 0.1) is 5.25 Å². The number of hydrogen-bond acceptors (Lipinski definition) is 4. The van der Waals surface area contributed by atoms with Crippen LogP contribution in [0.15, 0.2) is 0 Å². The summed E-state index contributed by atoms with van der Waals surface area (Å²) >= 11 is 0. The molecule has 0 aromatic carbocycles.